The fourth-order valence-electron chi connectivity index (χ4n) is 5.46. The molecule has 1 amide bonds. The highest BCUT2D eigenvalue weighted by molar-refractivity contribution is 7.86. The molecule has 0 bridgehead atoms. The molecule has 4 rings (SSSR count). The molecule has 0 aromatic carbocycles. The van der Waals surface area contributed by atoms with Crippen LogP contribution in [-0.2, 0) is 29.8 Å². The first-order valence-electron chi connectivity index (χ1n) is 12.6. The van der Waals surface area contributed by atoms with Crippen LogP contribution in [0.4, 0.5) is 0 Å². The normalized spacial score (nSPS) is 27.0. The third kappa shape index (κ3) is 6.34. The van der Waals surface area contributed by atoms with Crippen molar-refractivity contribution in [3.05, 3.63) is 39.3 Å². The van der Waals surface area contributed by atoms with Crippen LogP contribution in [0.3, 0.4) is 0 Å². The van der Waals surface area contributed by atoms with E-state index in [9.17, 15) is 55.3 Å². The van der Waals surface area contributed by atoms with E-state index >= 15 is 0 Å². The summed E-state index contributed by atoms with van der Waals surface area (Å²) in [6.07, 6.45) is 4.27. The summed E-state index contributed by atoms with van der Waals surface area (Å²) in [5.41, 5.74) is -2.40. The van der Waals surface area contributed by atoms with Crippen LogP contribution in [0.25, 0.3) is 6.08 Å². The Hall–Kier alpha value is -3.61. The van der Waals surface area contributed by atoms with Crippen molar-refractivity contribution in [1.29, 1.82) is 0 Å². The Morgan fingerprint density at radius 1 is 0.829 bits per heavy atom. The number of nitrogens with zero attached hydrogens (tertiary/aromatic N) is 3. The van der Waals surface area contributed by atoms with Crippen LogP contribution in [-0.4, -0.2) is 91.0 Å². The summed E-state index contributed by atoms with van der Waals surface area (Å²) in [6, 6.07) is -1.15. The summed E-state index contributed by atoms with van der Waals surface area (Å²) >= 11 is 0. The van der Waals surface area contributed by atoms with Crippen LogP contribution in [0.5, 0.6) is 0 Å². The lowest BCUT2D eigenvalue weighted by atomic mass is 9.94. The summed E-state index contributed by atoms with van der Waals surface area (Å²) in [7, 11) is -8.49. The molecule has 41 heavy (non-hydrogen) atoms. The molecule has 2 heterocycles. The molecule has 3 aliphatic rings. The Balaban J connectivity index is 1.56. The Labute approximate surface area is 233 Å². The van der Waals surface area contributed by atoms with Crippen molar-refractivity contribution in [3.63, 3.8) is 0 Å². The summed E-state index contributed by atoms with van der Waals surface area (Å²) in [6.45, 7) is 0. The number of nitrogens with one attached hydrogen (secondary N) is 1. The van der Waals surface area contributed by atoms with Gasteiger partial charge >= 0.3 is 11.9 Å². The molecular weight excluding hydrogens is 588 g/mol. The quantitative estimate of drug-likeness (QED) is 0.199. The molecule has 0 atom stereocenters. The topological polar surface area (TPSA) is 254 Å². The second-order valence-corrected chi connectivity index (χ2v) is 13.5. The summed E-state index contributed by atoms with van der Waals surface area (Å²) in [5, 5.41) is 24.6. The molecule has 2 saturated carbocycles. The number of carbonyl (C=O) groups is 3. The first-order chi connectivity index (χ1) is 19.1. The van der Waals surface area contributed by atoms with E-state index in [2.05, 4.69) is 10.2 Å². The molecule has 2 aliphatic carbocycles. The van der Waals surface area contributed by atoms with Gasteiger partial charge in [-0.1, -0.05) is 6.08 Å². The zero-order valence-electron chi connectivity index (χ0n) is 21.4. The van der Waals surface area contributed by atoms with Crippen molar-refractivity contribution >= 4 is 49.9 Å². The van der Waals surface area contributed by atoms with Crippen LogP contribution >= 0.6 is 0 Å². The molecule has 1 aliphatic heterocycles. The van der Waals surface area contributed by atoms with Gasteiger partial charge in [-0.2, -0.15) is 21.9 Å². The first-order valence-corrected chi connectivity index (χ1v) is 15.6. The first kappa shape index (κ1) is 30.4. The number of carboxylic acids is 2. The van der Waals surface area contributed by atoms with Crippen LogP contribution in [0.1, 0.15) is 73.5 Å². The van der Waals surface area contributed by atoms with Gasteiger partial charge in [0.05, 0.1) is 33.7 Å². The highest BCUT2D eigenvalue weighted by Crippen LogP contribution is 2.32. The van der Waals surface area contributed by atoms with E-state index in [-0.39, 0.29) is 62.5 Å². The molecule has 16 nitrogen and oxygen atoms in total. The number of hydrazone groups is 1. The molecule has 0 spiro atoms. The van der Waals surface area contributed by atoms with Gasteiger partial charge in [-0.25, -0.2) is 19.3 Å². The third-order valence-corrected chi connectivity index (χ3v) is 10.3. The number of aromatic carboxylic acids is 1. The number of carboxylic acid groups (broad SMARTS) is 2. The molecule has 1 aromatic rings. The summed E-state index contributed by atoms with van der Waals surface area (Å²) in [5.74, 6) is -3.75. The maximum atomic E-state index is 13.1. The number of aromatic nitrogens is 2. The average Bonchev–Trinajstić information content (AvgIpc) is 3.40. The van der Waals surface area contributed by atoms with E-state index < -0.39 is 77.6 Å². The third-order valence-electron chi connectivity index (χ3n) is 7.64. The van der Waals surface area contributed by atoms with Crippen LogP contribution in [0.2, 0.25) is 0 Å². The maximum Gasteiger partial charge on any atom is 0.357 e. The lowest BCUT2D eigenvalue weighted by Gasteiger charge is -2.30. The molecular formula is C23H28N4O12S2. The van der Waals surface area contributed by atoms with Gasteiger partial charge in [-0.05, 0) is 63.5 Å². The van der Waals surface area contributed by atoms with Crippen molar-refractivity contribution in [2.24, 2.45) is 5.10 Å². The lowest BCUT2D eigenvalue weighted by molar-refractivity contribution is -0.130. The fraction of sp³-hybridized carbons (Fsp3) is 0.522. The highest BCUT2D eigenvalue weighted by Gasteiger charge is 2.40. The van der Waals surface area contributed by atoms with E-state index in [4.69, 9.17) is 0 Å². The van der Waals surface area contributed by atoms with E-state index in [1.165, 1.54) is 0 Å². The maximum absolute atomic E-state index is 13.1. The molecule has 0 radical (unpaired) electrons. The van der Waals surface area contributed by atoms with Crippen LogP contribution in [0.15, 0.2) is 27.6 Å². The number of H-pyrrole nitrogens is 1. The van der Waals surface area contributed by atoms with Crippen molar-refractivity contribution in [1.82, 2.24) is 14.8 Å². The van der Waals surface area contributed by atoms with Crippen LogP contribution < -0.4 is 5.56 Å². The minimum absolute atomic E-state index is 0.0549. The average molecular weight is 617 g/mol. The Morgan fingerprint density at radius 3 is 1.80 bits per heavy atom. The van der Waals surface area contributed by atoms with Crippen molar-refractivity contribution < 1.29 is 50.5 Å². The zero-order valence-corrected chi connectivity index (χ0v) is 23.0. The molecule has 1 aromatic heterocycles. The van der Waals surface area contributed by atoms with Gasteiger partial charge in [0.1, 0.15) is 0 Å². The molecule has 5 N–H and O–H groups in total. The number of hydrogen-bond donors (Lipinski definition) is 5. The fourth-order valence-corrected chi connectivity index (χ4v) is 7.20. The molecule has 18 heteroatoms. The Morgan fingerprint density at radius 2 is 1.34 bits per heavy atom. The number of amides is 1. The number of hydrogen-bond acceptors (Lipinski definition) is 9. The molecule has 224 valence electrons. The SMILES string of the molecule is O=C(O)C1=NN(C2CCC(S(=O)(=O)O)CC2)C(=O)/C1=C\C=Cc1c(C(=O)O)[nH]n(C2CCC(S(=O)(=O)O)CC2)c1=O. The predicted octanol–water partition coefficient (Wildman–Crippen LogP) is 0.668. The van der Waals surface area contributed by atoms with Crippen LogP contribution in [0, 0.1) is 0 Å². The highest BCUT2D eigenvalue weighted by atomic mass is 32.2. The van der Waals surface area contributed by atoms with Gasteiger partial charge < -0.3 is 10.2 Å². The second-order valence-electron chi connectivity index (χ2n) is 10.1. The lowest BCUT2D eigenvalue weighted by Crippen LogP contribution is -2.39. The van der Waals surface area contributed by atoms with Gasteiger partial charge in [0.2, 0.25) is 0 Å². The minimum atomic E-state index is -4.25. The van der Waals surface area contributed by atoms with E-state index in [0.29, 0.717) is 0 Å². The monoisotopic (exact) mass is 616 g/mol. The van der Waals surface area contributed by atoms with Crippen molar-refractivity contribution in [2.45, 2.75) is 74.0 Å². The smallest absolute Gasteiger partial charge is 0.357 e. The van der Waals surface area contributed by atoms with E-state index in [1.54, 1.807) is 0 Å². The number of carbonyl (C=O) groups excluding carboxylic acids is 1. The van der Waals surface area contributed by atoms with Crippen molar-refractivity contribution in [3.8, 4) is 0 Å². The second kappa shape index (κ2) is 11.3. The number of rotatable bonds is 8. The number of allylic oxidation sites excluding steroid dienone is 2. The van der Waals surface area contributed by atoms with Gasteiger partial charge in [0.25, 0.3) is 31.7 Å². The summed E-state index contributed by atoms with van der Waals surface area (Å²) in [4.78, 5) is 49.7. The van der Waals surface area contributed by atoms with E-state index in [0.717, 1.165) is 27.9 Å². The van der Waals surface area contributed by atoms with E-state index in [1.807, 2.05) is 0 Å². The minimum Gasteiger partial charge on any atom is -0.477 e. The van der Waals surface area contributed by atoms with Gasteiger partial charge in [-0.15, -0.1) is 0 Å². The summed E-state index contributed by atoms with van der Waals surface area (Å²) < 4.78 is 65.2. The largest absolute Gasteiger partial charge is 0.477 e. The Kier molecular flexibility index (Phi) is 8.40. The number of aliphatic carboxylic acids is 1. The van der Waals surface area contributed by atoms with Crippen molar-refractivity contribution in [2.75, 3.05) is 0 Å². The Bertz CT molecular complexity index is 1620. The predicted molar refractivity (Wildman–Crippen MR) is 141 cm³/mol. The molecule has 2 fully saturated rings. The number of aromatic amines is 1. The van der Waals surface area contributed by atoms with Gasteiger partial charge in [0, 0.05) is 0 Å². The standard InChI is InChI=1S/C23H28N4O12S2/c28-20-16(18(22(30)31)24-26(20)12-4-8-14(9-5-12)40(34,35)36)2-1-3-17-19(23(32)33)25-27(21(17)29)13-6-10-15(11-7-13)41(37,38)39/h1-3,12-15,24H,4-11H2,(H,30,31)(H,32,33)(H,34,35,36)(H,37,38,39)/b2-1?,17-3-. The molecule has 0 saturated heterocycles. The van der Waals surface area contributed by atoms with Gasteiger partial charge in [0.15, 0.2) is 11.4 Å². The molecule has 0 unspecified atom stereocenters. The zero-order chi connectivity index (χ0) is 30.3. The van der Waals surface area contributed by atoms with Gasteiger partial charge in [-0.3, -0.25) is 23.8 Å².